The molecular formula is C15H26N2O2S2. The van der Waals surface area contributed by atoms with E-state index in [0.717, 1.165) is 35.6 Å². The normalized spacial score (nSPS) is 19.8. The fourth-order valence-electron chi connectivity index (χ4n) is 2.80. The molecule has 2 heterocycles. The van der Waals surface area contributed by atoms with Crippen LogP contribution in [0.5, 0.6) is 0 Å². The van der Waals surface area contributed by atoms with E-state index in [1.807, 2.05) is 20.0 Å². The first-order valence-electron chi connectivity index (χ1n) is 7.56. The molecule has 0 saturated carbocycles. The molecule has 0 radical (unpaired) electrons. The molecule has 0 aromatic carbocycles. The average Bonchev–Trinajstić information content (AvgIpc) is 2.81. The summed E-state index contributed by atoms with van der Waals surface area (Å²) in [6.07, 6.45) is 3.02. The van der Waals surface area contributed by atoms with Crippen LogP contribution in [0.15, 0.2) is 11.0 Å². The van der Waals surface area contributed by atoms with E-state index in [-0.39, 0.29) is 0 Å². The number of rotatable bonds is 5. The molecule has 0 aliphatic carbocycles. The largest absolute Gasteiger partial charge is 0.315 e. The van der Waals surface area contributed by atoms with E-state index in [1.165, 1.54) is 0 Å². The number of hydrogen-bond acceptors (Lipinski definition) is 4. The number of sulfonamides is 1. The second-order valence-electron chi connectivity index (χ2n) is 6.23. The van der Waals surface area contributed by atoms with Gasteiger partial charge in [-0.15, -0.1) is 11.3 Å². The van der Waals surface area contributed by atoms with E-state index in [2.05, 4.69) is 19.2 Å². The molecule has 6 heteroatoms. The third kappa shape index (κ3) is 3.50. The van der Waals surface area contributed by atoms with Crippen molar-refractivity contribution in [2.24, 2.45) is 5.41 Å². The van der Waals surface area contributed by atoms with Gasteiger partial charge in [0.15, 0.2) is 0 Å². The summed E-state index contributed by atoms with van der Waals surface area (Å²) in [6.45, 7) is 8.35. The Morgan fingerprint density at radius 3 is 2.52 bits per heavy atom. The van der Waals surface area contributed by atoms with Gasteiger partial charge in [-0.2, -0.15) is 4.31 Å². The van der Waals surface area contributed by atoms with Crippen molar-refractivity contribution in [3.8, 4) is 0 Å². The Labute approximate surface area is 132 Å². The third-order valence-electron chi connectivity index (χ3n) is 4.68. The van der Waals surface area contributed by atoms with Crippen LogP contribution in [0.2, 0.25) is 0 Å². The first kappa shape index (κ1) is 16.9. The highest BCUT2D eigenvalue weighted by atomic mass is 32.2. The summed E-state index contributed by atoms with van der Waals surface area (Å²) in [7, 11) is -1.46. The van der Waals surface area contributed by atoms with Gasteiger partial charge in [0.2, 0.25) is 10.0 Å². The summed E-state index contributed by atoms with van der Waals surface area (Å²) in [6, 6.07) is 1.83. The predicted molar refractivity (Wildman–Crippen MR) is 88.2 cm³/mol. The van der Waals surface area contributed by atoms with Crippen molar-refractivity contribution in [3.05, 3.63) is 15.8 Å². The van der Waals surface area contributed by atoms with E-state index in [1.54, 1.807) is 15.6 Å². The monoisotopic (exact) mass is 330 g/mol. The molecule has 0 atom stereocenters. The van der Waals surface area contributed by atoms with Crippen LogP contribution < -0.4 is 5.32 Å². The van der Waals surface area contributed by atoms with Gasteiger partial charge in [0.05, 0.1) is 4.90 Å². The van der Waals surface area contributed by atoms with Crippen LogP contribution >= 0.6 is 11.3 Å². The van der Waals surface area contributed by atoms with Gasteiger partial charge in [-0.1, -0.05) is 20.3 Å². The number of nitrogens with zero attached hydrogens (tertiary/aromatic N) is 1. The minimum Gasteiger partial charge on any atom is -0.315 e. The molecule has 1 saturated heterocycles. The molecule has 2 rings (SSSR count). The molecule has 1 N–H and O–H groups in total. The van der Waals surface area contributed by atoms with Crippen LogP contribution in [0.3, 0.4) is 0 Å². The van der Waals surface area contributed by atoms with E-state index in [9.17, 15) is 8.42 Å². The van der Waals surface area contributed by atoms with Gasteiger partial charge in [0.1, 0.15) is 0 Å². The quantitative estimate of drug-likeness (QED) is 0.903. The summed E-state index contributed by atoms with van der Waals surface area (Å²) >= 11 is 1.57. The summed E-state index contributed by atoms with van der Waals surface area (Å²) < 4.78 is 27.3. The highest BCUT2D eigenvalue weighted by Gasteiger charge is 2.35. The molecule has 1 aliphatic rings. The van der Waals surface area contributed by atoms with Gasteiger partial charge in [-0.3, -0.25) is 0 Å². The van der Waals surface area contributed by atoms with Gasteiger partial charge in [0.25, 0.3) is 0 Å². The molecular weight excluding hydrogens is 304 g/mol. The zero-order valence-electron chi connectivity index (χ0n) is 13.4. The van der Waals surface area contributed by atoms with Crippen LogP contribution in [0.25, 0.3) is 0 Å². The zero-order chi connectivity index (χ0) is 15.7. The molecule has 0 bridgehead atoms. The van der Waals surface area contributed by atoms with Crippen LogP contribution in [0, 0.1) is 12.3 Å². The second-order valence-corrected chi connectivity index (χ2v) is 9.48. The minimum atomic E-state index is -3.33. The molecule has 0 unspecified atom stereocenters. The maximum atomic E-state index is 12.8. The lowest BCUT2D eigenvalue weighted by Gasteiger charge is -2.38. The smallest absolute Gasteiger partial charge is 0.244 e. The fraction of sp³-hybridized carbons (Fsp3) is 0.733. The van der Waals surface area contributed by atoms with Crippen molar-refractivity contribution in [3.63, 3.8) is 0 Å². The maximum Gasteiger partial charge on any atom is 0.244 e. The van der Waals surface area contributed by atoms with Crippen molar-refractivity contribution in [2.45, 2.75) is 51.5 Å². The number of aryl methyl sites for hydroxylation is 1. The summed E-state index contributed by atoms with van der Waals surface area (Å²) in [5, 5.41) is 3.08. The van der Waals surface area contributed by atoms with E-state index < -0.39 is 10.0 Å². The SMILES string of the molecule is CCC1(C)CCN(S(=O)(=O)c2cc(CNC)sc2C)CC1. The van der Waals surface area contributed by atoms with Gasteiger partial charge in [-0.25, -0.2) is 8.42 Å². The summed E-state index contributed by atoms with van der Waals surface area (Å²) in [5.41, 5.74) is 0.299. The first-order chi connectivity index (χ1) is 9.82. The lowest BCUT2D eigenvalue weighted by Crippen LogP contribution is -2.41. The number of thiophene rings is 1. The Morgan fingerprint density at radius 1 is 1.38 bits per heavy atom. The standard InChI is InChI=1S/C15H26N2O2S2/c1-5-15(3)6-8-17(9-7-15)21(18,19)14-10-13(11-16-4)20-12(14)2/h10,16H,5-9,11H2,1-4H3. The number of nitrogens with one attached hydrogen (secondary N) is 1. The van der Waals surface area contributed by atoms with Crippen LogP contribution in [-0.4, -0.2) is 32.9 Å². The molecule has 0 spiro atoms. The average molecular weight is 331 g/mol. The van der Waals surface area contributed by atoms with Crippen LogP contribution in [0.4, 0.5) is 0 Å². The Morgan fingerprint density at radius 2 is 2.00 bits per heavy atom. The van der Waals surface area contributed by atoms with Gasteiger partial charge < -0.3 is 5.32 Å². The van der Waals surface area contributed by atoms with Gasteiger partial charge >= 0.3 is 0 Å². The van der Waals surface area contributed by atoms with E-state index in [0.29, 0.717) is 23.4 Å². The van der Waals surface area contributed by atoms with Crippen molar-refractivity contribution >= 4 is 21.4 Å². The third-order valence-corrected chi connectivity index (χ3v) is 7.88. The van der Waals surface area contributed by atoms with Crippen LogP contribution in [0.1, 0.15) is 42.9 Å². The second kappa shape index (κ2) is 6.36. The fourth-order valence-corrected chi connectivity index (χ4v) is 5.86. The van der Waals surface area contributed by atoms with Crippen molar-refractivity contribution in [2.75, 3.05) is 20.1 Å². The predicted octanol–water partition coefficient (Wildman–Crippen LogP) is 2.98. The first-order valence-corrected chi connectivity index (χ1v) is 9.82. The Bertz CT molecular complexity index is 585. The van der Waals surface area contributed by atoms with Gasteiger partial charge in [-0.05, 0) is 38.3 Å². The topological polar surface area (TPSA) is 49.4 Å². The molecule has 21 heavy (non-hydrogen) atoms. The van der Waals surface area contributed by atoms with Crippen molar-refractivity contribution in [1.82, 2.24) is 9.62 Å². The van der Waals surface area contributed by atoms with Crippen molar-refractivity contribution in [1.29, 1.82) is 0 Å². The van der Waals surface area contributed by atoms with E-state index >= 15 is 0 Å². The molecule has 1 aromatic rings. The summed E-state index contributed by atoms with van der Waals surface area (Å²) in [5.74, 6) is 0. The molecule has 4 nitrogen and oxygen atoms in total. The molecule has 120 valence electrons. The molecule has 0 amide bonds. The number of piperidine rings is 1. The van der Waals surface area contributed by atoms with Crippen molar-refractivity contribution < 1.29 is 8.42 Å². The van der Waals surface area contributed by atoms with E-state index in [4.69, 9.17) is 0 Å². The zero-order valence-corrected chi connectivity index (χ0v) is 15.0. The van der Waals surface area contributed by atoms with Crippen LogP contribution in [-0.2, 0) is 16.6 Å². The number of hydrogen-bond donors (Lipinski definition) is 1. The Kier molecular flexibility index (Phi) is 5.13. The highest BCUT2D eigenvalue weighted by Crippen LogP contribution is 2.37. The highest BCUT2D eigenvalue weighted by molar-refractivity contribution is 7.89. The van der Waals surface area contributed by atoms with Gasteiger partial charge in [0, 0.05) is 29.4 Å². The summed E-state index contributed by atoms with van der Waals surface area (Å²) in [4.78, 5) is 2.46. The Hall–Kier alpha value is -0.430. The lowest BCUT2D eigenvalue weighted by atomic mass is 9.79. The lowest BCUT2D eigenvalue weighted by molar-refractivity contribution is 0.169. The molecule has 1 aliphatic heterocycles. The minimum absolute atomic E-state index is 0.299. The molecule has 1 aromatic heterocycles. The molecule has 1 fully saturated rings. The maximum absolute atomic E-state index is 12.8. The Balaban J connectivity index is 2.19.